The highest BCUT2D eigenvalue weighted by Crippen LogP contribution is 2.28. The maximum absolute atomic E-state index is 12.0. The van der Waals surface area contributed by atoms with E-state index >= 15 is 0 Å². The number of fused-ring (bicyclic) bond motifs is 1. The van der Waals surface area contributed by atoms with Gasteiger partial charge in [-0.25, -0.2) is 0 Å². The second-order valence-electron chi connectivity index (χ2n) is 4.77. The summed E-state index contributed by atoms with van der Waals surface area (Å²) in [5.41, 5.74) is 2.01. The third-order valence-electron chi connectivity index (χ3n) is 3.51. The Morgan fingerprint density at radius 1 is 1.50 bits per heavy atom. The highest BCUT2D eigenvalue weighted by atomic mass is 32.1. The van der Waals surface area contributed by atoms with Crippen molar-refractivity contribution in [2.45, 2.75) is 6.42 Å². The second kappa shape index (κ2) is 4.31. The number of aryl methyl sites for hydroxylation is 1. The van der Waals surface area contributed by atoms with Gasteiger partial charge in [-0.1, -0.05) is 0 Å². The Kier molecular flexibility index (Phi) is 2.78. The van der Waals surface area contributed by atoms with E-state index in [0.29, 0.717) is 12.3 Å². The summed E-state index contributed by atoms with van der Waals surface area (Å²) in [5.74, 6) is 1.31. The van der Waals surface area contributed by atoms with Crippen LogP contribution in [0, 0.1) is 5.92 Å². The molecule has 1 saturated heterocycles. The number of rotatable bonds is 2. The van der Waals surface area contributed by atoms with Crippen LogP contribution < -0.4 is 4.90 Å². The molecule has 0 saturated carbocycles. The zero-order chi connectivity index (χ0) is 12.7. The van der Waals surface area contributed by atoms with Gasteiger partial charge in [0.25, 0.3) is 0 Å². The van der Waals surface area contributed by atoms with Gasteiger partial charge in [0.15, 0.2) is 0 Å². The molecule has 1 atom stereocenters. The van der Waals surface area contributed by atoms with Crippen molar-refractivity contribution in [1.82, 2.24) is 9.78 Å². The minimum Gasteiger partial charge on any atom is -0.312 e. The molecule has 0 spiro atoms. The van der Waals surface area contributed by atoms with Crippen LogP contribution in [-0.4, -0.2) is 28.0 Å². The van der Waals surface area contributed by atoms with Gasteiger partial charge in [0, 0.05) is 31.1 Å². The van der Waals surface area contributed by atoms with E-state index in [1.807, 2.05) is 41.0 Å². The average molecular weight is 261 g/mol. The zero-order valence-electron chi connectivity index (χ0n) is 10.2. The van der Waals surface area contributed by atoms with Gasteiger partial charge >= 0.3 is 0 Å². The van der Waals surface area contributed by atoms with E-state index in [4.69, 9.17) is 0 Å². The van der Waals surface area contributed by atoms with Crippen LogP contribution in [0.3, 0.4) is 0 Å². The molecule has 1 amide bonds. The lowest BCUT2D eigenvalue weighted by Crippen LogP contribution is -2.24. The van der Waals surface area contributed by atoms with Gasteiger partial charge in [-0.2, -0.15) is 17.7 Å². The number of carbonyl (C=O) groups excluding carboxylic acids is 1. The highest BCUT2D eigenvalue weighted by Gasteiger charge is 2.29. The van der Waals surface area contributed by atoms with E-state index in [0.717, 1.165) is 28.9 Å². The molecule has 0 aliphatic carbocycles. The van der Waals surface area contributed by atoms with E-state index in [2.05, 4.69) is 17.7 Å². The molecule has 0 bridgehead atoms. The topological polar surface area (TPSA) is 38.1 Å². The molecule has 2 aromatic rings. The number of amides is 1. The molecular formula is C13H15N3OS. The van der Waals surface area contributed by atoms with Gasteiger partial charge in [-0.3, -0.25) is 9.48 Å². The van der Waals surface area contributed by atoms with Crippen molar-refractivity contribution in [3.05, 3.63) is 24.4 Å². The smallest absolute Gasteiger partial charge is 0.227 e. The molecule has 18 heavy (non-hydrogen) atoms. The Bertz CT molecular complexity index is 607. The minimum absolute atomic E-state index is 0.190. The average Bonchev–Trinajstić information content (AvgIpc) is 2.93. The van der Waals surface area contributed by atoms with Gasteiger partial charge in [-0.15, -0.1) is 0 Å². The van der Waals surface area contributed by atoms with Crippen molar-refractivity contribution < 1.29 is 4.79 Å². The lowest BCUT2D eigenvalue weighted by molar-refractivity contribution is -0.117. The number of nitrogens with zero attached hydrogens (tertiary/aromatic N) is 3. The SMILES string of the molecule is Cn1ncc2ccc(N3CC(CS)CC3=O)cc21. The summed E-state index contributed by atoms with van der Waals surface area (Å²) in [6.45, 7) is 0.770. The minimum atomic E-state index is 0.190. The van der Waals surface area contributed by atoms with Crippen molar-refractivity contribution >= 4 is 35.1 Å². The fraction of sp³-hybridized carbons (Fsp3) is 0.385. The molecule has 1 aliphatic rings. The van der Waals surface area contributed by atoms with E-state index in [-0.39, 0.29) is 5.91 Å². The largest absolute Gasteiger partial charge is 0.312 e. The fourth-order valence-electron chi connectivity index (χ4n) is 2.45. The van der Waals surface area contributed by atoms with Gasteiger partial charge in [-0.05, 0) is 29.9 Å². The first-order valence-corrected chi connectivity index (χ1v) is 6.65. The van der Waals surface area contributed by atoms with Crippen LogP contribution in [0.1, 0.15) is 6.42 Å². The van der Waals surface area contributed by atoms with Crippen LogP contribution in [0.25, 0.3) is 10.9 Å². The Balaban J connectivity index is 1.99. The summed E-state index contributed by atoms with van der Waals surface area (Å²) in [6, 6.07) is 6.03. The molecular weight excluding hydrogens is 246 g/mol. The van der Waals surface area contributed by atoms with Gasteiger partial charge < -0.3 is 4.90 Å². The molecule has 5 heteroatoms. The molecule has 0 N–H and O–H groups in total. The first kappa shape index (κ1) is 11.6. The Hall–Kier alpha value is -1.49. The summed E-state index contributed by atoms with van der Waals surface area (Å²) in [7, 11) is 1.91. The maximum Gasteiger partial charge on any atom is 0.227 e. The van der Waals surface area contributed by atoms with Crippen LogP contribution in [0.2, 0.25) is 0 Å². The number of aromatic nitrogens is 2. The lowest BCUT2D eigenvalue weighted by atomic mass is 10.1. The summed E-state index contributed by atoms with van der Waals surface area (Å²) in [6.07, 6.45) is 2.44. The molecule has 4 nitrogen and oxygen atoms in total. The number of hydrogen-bond donors (Lipinski definition) is 1. The van der Waals surface area contributed by atoms with Gasteiger partial charge in [0.1, 0.15) is 0 Å². The molecule has 1 aliphatic heterocycles. The normalized spacial score (nSPS) is 20.0. The number of hydrogen-bond acceptors (Lipinski definition) is 3. The highest BCUT2D eigenvalue weighted by molar-refractivity contribution is 7.80. The van der Waals surface area contributed by atoms with E-state index in [9.17, 15) is 4.79 Å². The number of anilines is 1. The fourth-order valence-corrected chi connectivity index (χ4v) is 2.70. The summed E-state index contributed by atoms with van der Waals surface area (Å²) in [4.78, 5) is 13.8. The van der Waals surface area contributed by atoms with E-state index in [1.165, 1.54) is 0 Å². The predicted molar refractivity (Wildman–Crippen MR) is 75.0 cm³/mol. The van der Waals surface area contributed by atoms with Crippen molar-refractivity contribution in [3.63, 3.8) is 0 Å². The molecule has 94 valence electrons. The van der Waals surface area contributed by atoms with E-state index < -0.39 is 0 Å². The summed E-state index contributed by atoms with van der Waals surface area (Å²) in [5, 5.41) is 5.31. The summed E-state index contributed by atoms with van der Waals surface area (Å²) >= 11 is 4.28. The predicted octanol–water partition coefficient (Wildman–Crippen LogP) is 1.86. The second-order valence-corrected chi connectivity index (χ2v) is 5.13. The van der Waals surface area contributed by atoms with Crippen LogP contribution in [0.5, 0.6) is 0 Å². The first-order valence-electron chi connectivity index (χ1n) is 6.02. The van der Waals surface area contributed by atoms with Gasteiger partial charge in [0.05, 0.1) is 11.7 Å². The lowest BCUT2D eigenvalue weighted by Gasteiger charge is -2.16. The van der Waals surface area contributed by atoms with Crippen molar-refractivity contribution in [2.24, 2.45) is 13.0 Å². The van der Waals surface area contributed by atoms with Crippen molar-refractivity contribution in [1.29, 1.82) is 0 Å². The first-order chi connectivity index (χ1) is 8.69. The van der Waals surface area contributed by atoms with Crippen molar-refractivity contribution in [2.75, 3.05) is 17.2 Å². The maximum atomic E-state index is 12.0. The third kappa shape index (κ3) is 1.79. The van der Waals surface area contributed by atoms with Gasteiger partial charge in [0.2, 0.25) is 5.91 Å². The molecule has 1 aromatic heterocycles. The molecule has 3 rings (SSSR count). The molecule has 1 unspecified atom stereocenters. The Morgan fingerprint density at radius 2 is 2.33 bits per heavy atom. The Labute approximate surface area is 111 Å². The third-order valence-corrected chi connectivity index (χ3v) is 4.02. The van der Waals surface area contributed by atoms with Crippen LogP contribution >= 0.6 is 12.6 Å². The summed E-state index contributed by atoms with van der Waals surface area (Å²) < 4.78 is 1.83. The number of benzene rings is 1. The quantitative estimate of drug-likeness (QED) is 0.838. The molecule has 0 radical (unpaired) electrons. The molecule has 2 heterocycles. The monoisotopic (exact) mass is 261 g/mol. The van der Waals surface area contributed by atoms with E-state index in [1.54, 1.807) is 0 Å². The van der Waals surface area contributed by atoms with Crippen LogP contribution in [-0.2, 0) is 11.8 Å². The molecule has 1 fully saturated rings. The standard InChI is InChI=1S/C13H15N3OS/c1-15-12-5-11(3-2-10(12)6-14-15)16-7-9(8-18)4-13(16)17/h2-3,5-6,9,18H,4,7-8H2,1H3. The van der Waals surface area contributed by atoms with Crippen molar-refractivity contribution in [3.8, 4) is 0 Å². The Morgan fingerprint density at radius 3 is 3.06 bits per heavy atom. The zero-order valence-corrected chi connectivity index (χ0v) is 11.1. The van der Waals surface area contributed by atoms with Crippen LogP contribution in [0.15, 0.2) is 24.4 Å². The number of carbonyl (C=O) groups is 1. The molecule has 1 aromatic carbocycles. The van der Waals surface area contributed by atoms with Crippen LogP contribution in [0.4, 0.5) is 5.69 Å². The number of thiol groups is 1.